The Morgan fingerprint density at radius 3 is 2.46 bits per heavy atom. The number of likely N-dealkylation sites (tertiary alicyclic amines) is 1. The van der Waals surface area contributed by atoms with E-state index in [2.05, 4.69) is 10.1 Å². The number of aliphatic hydroxyl groups is 1. The van der Waals surface area contributed by atoms with E-state index in [0.29, 0.717) is 11.3 Å². The van der Waals surface area contributed by atoms with E-state index in [0.717, 1.165) is 5.69 Å². The van der Waals surface area contributed by atoms with Crippen molar-refractivity contribution in [2.75, 3.05) is 0 Å². The van der Waals surface area contributed by atoms with Crippen LogP contribution in [0.3, 0.4) is 0 Å². The normalized spacial score (nSPS) is 17.2. The van der Waals surface area contributed by atoms with Crippen molar-refractivity contribution in [3.63, 3.8) is 0 Å². The number of pyridine rings is 1. The van der Waals surface area contributed by atoms with Crippen LogP contribution in [0.5, 0.6) is 0 Å². The van der Waals surface area contributed by atoms with Crippen LogP contribution < -0.4 is 0 Å². The molecule has 0 radical (unpaired) electrons. The molecule has 2 aromatic heterocycles. The number of aliphatic hydroxyl groups excluding tert-OH is 1. The number of ketones is 1. The highest BCUT2D eigenvalue weighted by Crippen LogP contribution is 2.41. The summed E-state index contributed by atoms with van der Waals surface area (Å²) in [6.45, 7) is 1.77. The van der Waals surface area contributed by atoms with Gasteiger partial charge in [0.2, 0.25) is 0 Å². The second-order valence-corrected chi connectivity index (χ2v) is 8.20. The minimum Gasteiger partial charge on any atom is -0.507 e. The number of carbonyl (C=O) groups is 2. The first-order chi connectivity index (χ1) is 17.0. The Balaban J connectivity index is 1.66. The van der Waals surface area contributed by atoms with Crippen molar-refractivity contribution >= 4 is 17.4 Å². The van der Waals surface area contributed by atoms with Gasteiger partial charge >= 0.3 is 0 Å². The van der Waals surface area contributed by atoms with Crippen molar-refractivity contribution in [2.24, 2.45) is 0 Å². The van der Waals surface area contributed by atoms with E-state index >= 15 is 0 Å². The number of Topliss-reactive ketones (excluding diaryl/α,β-unsaturated/α-hetero) is 1. The zero-order chi connectivity index (χ0) is 24.5. The number of para-hydroxylation sites is 1. The summed E-state index contributed by atoms with van der Waals surface area (Å²) in [6.07, 6.45) is 4.61. The number of amides is 1. The lowest BCUT2D eigenvalue weighted by Gasteiger charge is -2.25. The maximum Gasteiger partial charge on any atom is 0.295 e. The van der Waals surface area contributed by atoms with Crippen molar-refractivity contribution < 1.29 is 19.1 Å². The van der Waals surface area contributed by atoms with Crippen LogP contribution >= 0.6 is 0 Å². The molecule has 1 aliphatic heterocycles. The molecule has 1 N–H and O–H groups in total. The van der Waals surface area contributed by atoms with Crippen LogP contribution in [0.25, 0.3) is 11.4 Å². The summed E-state index contributed by atoms with van der Waals surface area (Å²) < 4.78 is 16.6. The Labute approximate surface area is 200 Å². The molecule has 8 heteroatoms. The predicted octanol–water partition coefficient (Wildman–Crippen LogP) is 4.34. The molecule has 7 nitrogen and oxygen atoms in total. The molecule has 0 aliphatic carbocycles. The molecule has 174 valence electrons. The van der Waals surface area contributed by atoms with Gasteiger partial charge in [0.05, 0.1) is 34.8 Å². The van der Waals surface area contributed by atoms with Crippen LogP contribution in [0.2, 0.25) is 0 Å². The van der Waals surface area contributed by atoms with Gasteiger partial charge in [0.25, 0.3) is 11.7 Å². The zero-order valence-electron chi connectivity index (χ0n) is 18.8. The van der Waals surface area contributed by atoms with E-state index in [1.165, 1.54) is 29.3 Å². The maximum atomic E-state index is 15.0. The molecular formula is C27H21FN4O3. The largest absolute Gasteiger partial charge is 0.507 e. The van der Waals surface area contributed by atoms with E-state index in [9.17, 15) is 19.1 Å². The number of aromatic nitrogens is 3. The number of hydrogen-bond donors (Lipinski definition) is 1. The number of benzene rings is 2. The number of halogens is 1. The van der Waals surface area contributed by atoms with Crippen LogP contribution in [-0.4, -0.2) is 36.5 Å². The van der Waals surface area contributed by atoms with E-state index in [1.807, 2.05) is 30.3 Å². The second-order valence-electron chi connectivity index (χ2n) is 8.20. The van der Waals surface area contributed by atoms with E-state index in [-0.39, 0.29) is 23.2 Å². The third-order valence-electron chi connectivity index (χ3n) is 6.08. The van der Waals surface area contributed by atoms with Crippen molar-refractivity contribution in [1.29, 1.82) is 0 Å². The monoisotopic (exact) mass is 468 g/mol. The molecule has 2 aromatic carbocycles. The van der Waals surface area contributed by atoms with Crippen LogP contribution in [0.4, 0.5) is 4.39 Å². The molecule has 1 amide bonds. The molecule has 35 heavy (non-hydrogen) atoms. The molecule has 5 rings (SSSR count). The molecule has 4 aromatic rings. The quantitative estimate of drug-likeness (QED) is 0.268. The molecule has 1 fully saturated rings. The topological polar surface area (TPSA) is 88.3 Å². The minimum atomic E-state index is -1.11. The summed E-state index contributed by atoms with van der Waals surface area (Å²) in [5, 5.41) is 15.7. The lowest BCUT2D eigenvalue weighted by atomic mass is 9.95. The summed E-state index contributed by atoms with van der Waals surface area (Å²) in [5.74, 6) is -2.69. The van der Waals surface area contributed by atoms with Crippen molar-refractivity contribution in [3.05, 3.63) is 119 Å². The highest BCUT2D eigenvalue weighted by atomic mass is 19.1. The Kier molecular flexibility index (Phi) is 5.70. The third kappa shape index (κ3) is 3.89. The van der Waals surface area contributed by atoms with E-state index < -0.39 is 29.3 Å². The zero-order valence-corrected chi connectivity index (χ0v) is 18.8. The van der Waals surface area contributed by atoms with Gasteiger partial charge in [-0.05, 0) is 36.8 Å². The Bertz CT molecular complexity index is 1450. The molecule has 0 spiro atoms. The van der Waals surface area contributed by atoms with Crippen molar-refractivity contribution in [1.82, 2.24) is 19.7 Å². The van der Waals surface area contributed by atoms with Gasteiger partial charge in [-0.1, -0.05) is 42.5 Å². The van der Waals surface area contributed by atoms with Gasteiger partial charge in [-0.25, -0.2) is 9.07 Å². The molecule has 1 atom stereocenters. The maximum absolute atomic E-state index is 15.0. The van der Waals surface area contributed by atoms with Crippen LogP contribution in [0, 0.1) is 12.7 Å². The molecule has 1 saturated heterocycles. The average Bonchev–Trinajstić information content (AvgIpc) is 3.38. The SMILES string of the molecule is Cc1c(C(O)=C2C(=O)C(=O)N(Cc3cccnc3)C2c2ccccc2F)cnn1-c1ccccc1. The number of carbonyl (C=O) groups excluding carboxylic acids is 2. The number of rotatable bonds is 5. The Morgan fingerprint density at radius 2 is 1.74 bits per heavy atom. The summed E-state index contributed by atoms with van der Waals surface area (Å²) in [7, 11) is 0. The van der Waals surface area contributed by atoms with Gasteiger partial charge in [-0.3, -0.25) is 14.6 Å². The first kappa shape index (κ1) is 22.2. The van der Waals surface area contributed by atoms with Crippen LogP contribution in [-0.2, 0) is 16.1 Å². The van der Waals surface area contributed by atoms with Crippen molar-refractivity contribution in [2.45, 2.75) is 19.5 Å². The molecule has 1 aliphatic rings. The molecule has 1 unspecified atom stereocenters. The first-order valence-corrected chi connectivity index (χ1v) is 11.0. The fourth-order valence-corrected chi connectivity index (χ4v) is 4.37. The summed E-state index contributed by atoms with van der Waals surface area (Å²) in [4.78, 5) is 31.7. The average molecular weight is 468 g/mol. The minimum absolute atomic E-state index is 0.0243. The fourth-order valence-electron chi connectivity index (χ4n) is 4.37. The number of hydrogen-bond acceptors (Lipinski definition) is 5. The van der Waals surface area contributed by atoms with E-state index in [1.54, 1.807) is 42.2 Å². The highest BCUT2D eigenvalue weighted by molar-refractivity contribution is 6.46. The van der Waals surface area contributed by atoms with Gasteiger partial charge in [0, 0.05) is 24.5 Å². The van der Waals surface area contributed by atoms with Gasteiger partial charge in [0.15, 0.2) is 0 Å². The van der Waals surface area contributed by atoms with Crippen LogP contribution in [0.15, 0.2) is 90.9 Å². The van der Waals surface area contributed by atoms with Crippen LogP contribution in [0.1, 0.15) is 28.4 Å². The smallest absolute Gasteiger partial charge is 0.295 e. The molecule has 0 saturated carbocycles. The Morgan fingerprint density at radius 1 is 1.00 bits per heavy atom. The van der Waals surface area contributed by atoms with Gasteiger partial charge < -0.3 is 10.0 Å². The van der Waals surface area contributed by atoms with Crippen molar-refractivity contribution in [3.8, 4) is 5.69 Å². The summed E-state index contributed by atoms with van der Waals surface area (Å²) >= 11 is 0. The fraction of sp³-hybridized carbons (Fsp3) is 0.111. The van der Waals surface area contributed by atoms with Gasteiger partial charge in [-0.15, -0.1) is 0 Å². The van der Waals surface area contributed by atoms with Gasteiger partial charge in [0.1, 0.15) is 11.6 Å². The first-order valence-electron chi connectivity index (χ1n) is 11.0. The van der Waals surface area contributed by atoms with E-state index in [4.69, 9.17) is 0 Å². The lowest BCUT2D eigenvalue weighted by molar-refractivity contribution is -0.140. The summed E-state index contributed by atoms with van der Waals surface area (Å²) in [5.41, 5.74) is 2.23. The lowest BCUT2D eigenvalue weighted by Crippen LogP contribution is -2.29. The standard InChI is InChI=1S/C27H21FN4O3/c1-17-21(15-30-32(17)19-9-3-2-4-10-19)25(33)23-24(20-11-5-6-12-22(20)28)31(27(35)26(23)34)16-18-8-7-13-29-14-18/h2-15,24,33H,16H2,1H3. The predicted molar refractivity (Wildman–Crippen MR) is 127 cm³/mol. The number of nitrogens with zero attached hydrogens (tertiary/aromatic N) is 4. The molecule has 0 bridgehead atoms. The second kappa shape index (κ2) is 8.98. The third-order valence-corrected chi connectivity index (χ3v) is 6.08. The molecular weight excluding hydrogens is 447 g/mol. The summed E-state index contributed by atoms with van der Waals surface area (Å²) in [6, 6.07) is 17.6. The Hall–Kier alpha value is -4.59. The highest BCUT2D eigenvalue weighted by Gasteiger charge is 2.47. The van der Waals surface area contributed by atoms with Gasteiger partial charge in [-0.2, -0.15) is 5.10 Å². The molecule has 3 heterocycles.